The van der Waals surface area contributed by atoms with Gasteiger partial charge < -0.3 is 10.4 Å². The molecule has 0 spiro atoms. The molecule has 0 unspecified atom stereocenters. The minimum atomic E-state index is -1.04. The number of aromatic nitrogens is 1. The summed E-state index contributed by atoms with van der Waals surface area (Å²) in [6, 6.07) is 6.01. The van der Waals surface area contributed by atoms with E-state index >= 15 is 0 Å². The molecule has 0 saturated heterocycles. The number of carboxylic acids is 1. The monoisotopic (exact) mass is 280 g/mol. The molecule has 2 N–H and O–H groups in total. The van der Waals surface area contributed by atoms with Crippen LogP contribution in [-0.2, 0) is 10.2 Å². The summed E-state index contributed by atoms with van der Waals surface area (Å²) in [6.45, 7) is 3.19. The largest absolute Gasteiger partial charge is 0.481 e. The van der Waals surface area contributed by atoms with Gasteiger partial charge in [-0.2, -0.15) is 0 Å². The average molecular weight is 280 g/mol. The molecular formula is C13H13FN2O2S. The highest BCUT2D eigenvalue weighted by molar-refractivity contribution is 7.13. The van der Waals surface area contributed by atoms with Crippen LogP contribution in [-0.4, -0.2) is 16.1 Å². The summed E-state index contributed by atoms with van der Waals surface area (Å²) in [7, 11) is 0. The molecule has 19 heavy (non-hydrogen) atoms. The van der Waals surface area contributed by atoms with Crippen molar-refractivity contribution in [2.24, 2.45) is 0 Å². The van der Waals surface area contributed by atoms with Crippen LogP contribution in [0.15, 0.2) is 29.6 Å². The number of benzene rings is 1. The number of carboxylic acid groups (broad SMARTS) is 1. The highest BCUT2D eigenvalue weighted by Gasteiger charge is 2.32. The first-order chi connectivity index (χ1) is 8.89. The fourth-order valence-electron chi connectivity index (χ4n) is 1.42. The molecule has 4 nitrogen and oxygen atoms in total. The van der Waals surface area contributed by atoms with E-state index in [1.54, 1.807) is 31.4 Å². The van der Waals surface area contributed by atoms with Gasteiger partial charge in [0.05, 0.1) is 5.69 Å². The predicted octanol–water partition coefficient (Wildman–Crippen LogP) is 3.39. The van der Waals surface area contributed by atoms with Gasteiger partial charge in [-0.3, -0.25) is 4.79 Å². The second-order valence-corrected chi connectivity index (χ2v) is 5.46. The van der Waals surface area contributed by atoms with Crippen LogP contribution in [0.2, 0.25) is 0 Å². The van der Waals surface area contributed by atoms with Crippen molar-refractivity contribution >= 4 is 28.1 Å². The van der Waals surface area contributed by atoms with Crippen molar-refractivity contribution in [2.45, 2.75) is 19.3 Å². The van der Waals surface area contributed by atoms with Gasteiger partial charge in [0.2, 0.25) is 0 Å². The Morgan fingerprint density at radius 2 is 2.21 bits per heavy atom. The highest BCUT2D eigenvalue weighted by atomic mass is 32.1. The molecule has 1 heterocycles. The van der Waals surface area contributed by atoms with Crippen LogP contribution in [0, 0.1) is 5.82 Å². The van der Waals surface area contributed by atoms with Crippen LogP contribution < -0.4 is 5.32 Å². The third kappa shape index (κ3) is 2.90. The van der Waals surface area contributed by atoms with Crippen molar-refractivity contribution in [3.8, 4) is 0 Å². The second-order valence-electron chi connectivity index (χ2n) is 4.60. The van der Waals surface area contributed by atoms with E-state index < -0.39 is 11.4 Å². The Balaban J connectivity index is 2.20. The molecule has 0 aliphatic carbocycles. The quantitative estimate of drug-likeness (QED) is 0.901. The third-order valence-corrected chi connectivity index (χ3v) is 3.51. The summed E-state index contributed by atoms with van der Waals surface area (Å²) >= 11 is 1.29. The fourth-order valence-corrected chi connectivity index (χ4v) is 2.32. The molecule has 0 fully saturated rings. The zero-order valence-electron chi connectivity index (χ0n) is 10.5. The van der Waals surface area contributed by atoms with Crippen LogP contribution in [0.1, 0.15) is 19.5 Å². The van der Waals surface area contributed by atoms with Crippen LogP contribution in [0.3, 0.4) is 0 Å². The van der Waals surface area contributed by atoms with Crippen molar-refractivity contribution in [1.29, 1.82) is 0 Å². The van der Waals surface area contributed by atoms with E-state index in [-0.39, 0.29) is 5.82 Å². The lowest BCUT2D eigenvalue weighted by molar-refractivity contribution is -0.142. The SMILES string of the molecule is CC(C)(C(=O)O)c1csc(Nc2cccc(F)c2)n1. The lowest BCUT2D eigenvalue weighted by Gasteiger charge is -2.15. The summed E-state index contributed by atoms with van der Waals surface area (Å²) < 4.78 is 13.0. The Hall–Kier alpha value is -1.95. The number of carbonyl (C=O) groups is 1. The van der Waals surface area contributed by atoms with Crippen molar-refractivity contribution in [1.82, 2.24) is 4.98 Å². The molecule has 1 aromatic carbocycles. The van der Waals surface area contributed by atoms with Gasteiger partial charge in [0, 0.05) is 11.1 Å². The molecule has 0 atom stereocenters. The van der Waals surface area contributed by atoms with Crippen LogP contribution >= 0.6 is 11.3 Å². The Morgan fingerprint density at radius 3 is 2.84 bits per heavy atom. The van der Waals surface area contributed by atoms with Gasteiger partial charge >= 0.3 is 5.97 Å². The Labute approximate surface area is 113 Å². The van der Waals surface area contributed by atoms with E-state index in [2.05, 4.69) is 10.3 Å². The van der Waals surface area contributed by atoms with Crippen molar-refractivity contribution < 1.29 is 14.3 Å². The zero-order chi connectivity index (χ0) is 14.0. The van der Waals surface area contributed by atoms with Crippen LogP contribution in [0.25, 0.3) is 0 Å². The fraction of sp³-hybridized carbons (Fsp3) is 0.231. The first kappa shape index (κ1) is 13.5. The van der Waals surface area contributed by atoms with Gasteiger partial charge in [0.25, 0.3) is 0 Å². The average Bonchev–Trinajstić information content (AvgIpc) is 2.78. The molecule has 0 aliphatic heterocycles. The van der Waals surface area contributed by atoms with Crippen molar-refractivity contribution in [3.63, 3.8) is 0 Å². The summed E-state index contributed by atoms with van der Waals surface area (Å²) in [6.07, 6.45) is 0. The topological polar surface area (TPSA) is 62.2 Å². The molecule has 0 radical (unpaired) electrons. The third-order valence-electron chi connectivity index (χ3n) is 2.76. The van der Waals surface area contributed by atoms with Crippen molar-refractivity contribution in [2.75, 3.05) is 5.32 Å². The molecule has 2 aromatic rings. The molecule has 0 bridgehead atoms. The number of nitrogens with zero attached hydrogens (tertiary/aromatic N) is 1. The Bertz CT molecular complexity index is 610. The first-order valence-corrected chi connectivity index (χ1v) is 6.49. The van der Waals surface area contributed by atoms with Gasteiger partial charge in [0.15, 0.2) is 5.13 Å². The first-order valence-electron chi connectivity index (χ1n) is 5.61. The standard InChI is InChI=1S/C13H13FN2O2S/c1-13(2,11(17)18)10-7-19-12(16-10)15-9-5-3-4-8(14)6-9/h3-7H,1-2H3,(H,15,16)(H,17,18). The molecule has 0 saturated carbocycles. The Kier molecular flexibility index (Phi) is 3.53. The maximum absolute atomic E-state index is 13.0. The van der Waals surface area contributed by atoms with E-state index in [9.17, 15) is 9.18 Å². The maximum atomic E-state index is 13.0. The highest BCUT2D eigenvalue weighted by Crippen LogP contribution is 2.29. The van der Waals surface area contributed by atoms with Crippen LogP contribution in [0.5, 0.6) is 0 Å². The van der Waals surface area contributed by atoms with Gasteiger partial charge in [-0.25, -0.2) is 9.37 Å². The summed E-state index contributed by atoms with van der Waals surface area (Å²) in [5.74, 6) is -1.28. The number of nitrogens with one attached hydrogen (secondary N) is 1. The molecule has 0 amide bonds. The van der Waals surface area contributed by atoms with Crippen molar-refractivity contribution in [3.05, 3.63) is 41.2 Å². The number of anilines is 2. The molecular weight excluding hydrogens is 267 g/mol. The smallest absolute Gasteiger partial charge is 0.315 e. The molecule has 1 aromatic heterocycles. The van der Waals surface area contributed by atoms with E-state index in [0.717, 1.165) is 0 Å². The van der Waals surface area contributed by atoms with Gasteiger partial charge in [0.1, 0.15) is 11.2 Å². The molecule has 6 heteroatoms. The number of aliphatic carboxylic acids is 1. The van der Waals surface area contributed by atoms with E-state index in [4.69, 9.17) is 5.11 Å². The maximum Gasteiger partial charge on any atom is 0.315 e. The minimum absolute atomic E-state index is 0.340. The van der Waals surface area contributed by atoms with Gasteiger partial charge in [-0.05, 0) is 32.0 Å². The number of rotatable bonds is 4. The lowest BCUT2D eigenvalue weighted by atomic mass is 9.90. The van der Waals surface area contributed by atoms with Gasteiger partial charge in [-0.1, -0.05) is 6.07 Å². The van der Waals surface area contributed by atoms with E-state index in [1.165, 1.54) is 23.5 Å². The number of thiazole rings is 1. The minimum Gasteiger partial charge on any atom is -0.481 e. The zero-order valence-corrected chi connectivity index (χ0v) is 11.3. The number of halogens is 1. The molecule has 100 valence electrons. The lowest BCUT2D eigenvalue weighted by Crippen LogP contribution is -2.28. The number of hydrogen-bond donors (Lipinski definition) is 2. The van der Waals surface area contributed by atoms with E-state index in [0.29, 0.717) is 16.5 Å². The molecule has 2 rings (SSSR count). The van der Waals surface area contributed by atoms with Crippen LogP contribution in [0.4, 0.5) is 15.2 Å². The molecule has 0 aliphatic rings. The second kappa shape index (κ2) is 4.97. The summed E-state index contributed by atoms with van der Waals surface area (Å²) in [5, 5.41) is 14.3. The number of hydrogen-bond acceptors (Lipinski definition) is 4. The Morgan fingerprint density at radius 1 is 1.47 bits per heavy atom. The van der Waals surface area contributed by atoms with Gasteiger partial charge in [-0.15, -0.1) is 11.3 Å². The summed E-state index contributed by atoms with van der Waals surface area (Å²) in [5.41, 5.74) is 0.0104. The normalized spacial score (nSPS) is 11.3. The summed E-state index contributed by atoms with van der Waals surface area (Å²) in [4.78, 5) is 15.4. The predicted molar refractivity (Wildman–Crippen MR) is 72.5 cm³/mol. The van der Waals surface area contributed by atoms with E-state index in [1.807, 2.05) is 0 Å².